The Hall–Kier alpha value is -2.20. The SMILES string of the molecule is COc1cccc(NC2CCN(C(=O)c3ccccc3Cl)CC2)c1. The van der Waals surface area contributed by atoms with E-state index < -0.39 is 0 Å². The number of halogens is 1. The quantitative estimate of drug-likeness (QED) is 0.909. The maximum atomic E-state index is 12.6. The number of ether oxygens (including phenoxy) is 1. The van der Waals surface area contributed by atoms with Crippen molar-refractivity contribution in [3.63, 3.8) is 0 Å². The zero-order valence-corrected chi connectivity index (χ0v) is 14.4. The molecule has 0 spiro atoms. The number of hydrogen-bond acceptors (Lipinski definition) is 3. The fourth-order valence-electron chi connectivity index (χ4n) is 2.98. The lowest BCUT2D eigenvalue weighted by atomic mass is 10.0. The monoisotopic (exact) mass is 344 g/mol. The first kappa shape index (κ1) is 16.7. The van der Waals surface area contributed by atoms with Crippen LogP contribution in [0.3, 0.4) is 0 Å². The molecular formula is C19H21ClN2O2. The van der Waals surface area contributed by atoms with Crippen molar-refractivity contribution < 1.29 is 9.53 Å². The van der Waals surface area contributed by atoms with Gasteiger partial charge >= 0.3 is 0 Å². The summed E-state index contributed by atoms with van der Waals surface area (Å²) in [6.07, 6.45) is 1.82. The molecule has 0 unspecified atom stereocenters. The summed E-state index contributed by atoms with van der Waals surface area (Å²) in [4.78, 5) is 14.5. The topological polar surface area (TPSA) is 41.6 Å². The molecule has 4 nitrogen and oxygen atoms in total. The molecule has 126 valence electrons. The number of carbonyl (C=O) groups is 1. The molecular weight excluding hydrogens is 324 g/mol. The van der Waals surface area contributed by atoms with E-state index in [1.54, 1.807) is 19.2 Å². The number of nitrogens with one attached hydrogen (secondary N) is 1. The van der Waals surface area contributed by atoms with E-state index in [2.05, 4.69) is 5.32 Å². The van der Waals surface area contributed by atoms with Gasteiger partial charge < -0.3 is 15.0 Å². The zero-order valence-electron chi connectivity index (χ0n) is 13.7. The van der Waals surface area contributed by atoms with Crippen molar-refractivity contribution >= 4 is 23.2 Å². The molecule has 3 rings (SSSR count). The van der Waals surface area contributed by atoms with Gasteiger partial charge in [0.05, 0.1) is 17.7 Å². The number of benzene rings is 2. The predicted molar refractivity (Wildman–Crippen MR) is 97.0 cm³/mol. The molecule has 2 aromatic rings. The lowest BCUT2D eigenvalue weighted by molar-refractivity contribution is 0.0718. The second-order valence-electron chi connectivity index (χ2n) is 5.92. The third-order valence-corrected chi connectivity index (χ3v) is 4.66. The van der Waals surface area contributed by atoms with E-state index in [9.17, 15) is 4.79 Å². The minimum atomic E-state index is 0.0143. The Morgan fingerprint density at radius 2 is 1.92 bits per heavy atom. The van der Waals surface area contributed by atoms with Gasteiger partial charge in [0, 0.05) is 30.9 Å². The van der Waals surface area contributed by atoms with Crippen LogP contribution >= 0.6 is 11.6 Å². The van der Waals surface area contributed by atoms with Crippen LogP contribution in [0.25, 0.3) is 0 Å². The first-order chi connectivity index (χ1) is 11.7. The summed E-state index contributed by atoms with van der Waals surface area (Å²) < 4.78 is 5.25. The Bertz CT molecular complexity index is 712. The third kappa shape index (κ3) is 3.82. The van der Waals surface area contributed by atoms with Crippen LogP contribution in [0, 0.1) is 0 Å². The molecule has 0 aliphatic carbocycles. The number of nitrogens with zero attached hydrogens (tertiary/aromatic N) is 1. The van der Waals surface area contributed by atoms with Crippen molar-refractivity contribution in [1.82, 2.24) is 4.90 Å². The minimum absolute atomic E-state index is 0.0143. The highest BCUT2D eigenvalue weighted by molar-refractivity contribution is 6.33. The first-order valence-corrected chi connectivity index (χ1v) is 8.49. The Morgan fingerprint density at radius 3 is 2.62 bits per heavy atom. The minimum Gasteiger partial charge on any atom is -0.497 e. The van der Waals surface area contributed by atoms with Crippen LogP contribution in [0.5, 0.6) is 5.75 Å². The number of amides is 1. The largest absolute Gasteiger partial charge is 0.497 e. The molecule has 0 bridgehead atoms. The Kier molecular flexibility index (Phi) is 5.26. The number of carbonyl (C=O) groups excluding carboxylic acids is 1. The number of anilines is 1. The molecule has 1 N–H and O–H groups in total. The van der Waals surface area contributed by atoms with Crippen molar-refractivity contribution in [2.75, 3.05) is 25.5 Å². The van der Waals surface area contributed by atoms with Gasteiger partial charge in [-0.15, -0.1) is 0 Å². The number of hydrogen-bond donors (Lipinski definition) is 1. The van der Waals surface area contributed by atoms with Crippen LogP contribution in [-0.2, 0) is 0 Å². The fraction of sp³-hybridized carbons (Fsp3) is 0.316. The Morgan fingerprint density at radius 1 is 1.17 bits per heavy atom. The summed E-state index contributed by atoms with van der Waals surface area (Å²) in [6.45, 7) is 1.46. The predicted octanol–water partition coefficient (Wildman–Crippen LogP) is 4.07. The number of piperidine rings is 1. The van der Waals surface area contributed by atoms with Crippen molar-refractivity contribution in [1.29, 1.82) is 0 Å². The highest BCUT2D eigenvalue weighted by Crippen LogP contribution is 2.23. The lowest BCUT2D eigenvalue weighted by Crippen LogP contribution is -2.42. The van der Waals surface area contributed by atoms with Crippen LogP contribution in [-0.4, -0.2) is 37.0 Å². The van der Waals surface area contributed by atoms with Gasteiger partial charge in [-0.25, -0.2) is 0 Å². The summed E-state index contributed by atoms with van der Waals surface area (Å²) >= 11 is 6.13. The molecule has 1 aliphatic rings. The highest BCUT2D eigenvalue weighted by atomic mass is 35.5. The average molecular weight is 345 g/mol. The van der Waals surface area contributed by atoms with Crippen LogP contribution in [0.15, 0.2) is 48.5 Å². The molecule has 1 saturated heterocycles. The molecule has 0 saturated carbocycles. The molecule has 1 amide bonds. The molecule has 24 heavy (non-hydrogen) atoms. The van der Waals surface area contributed by atoms with Crippen molar-refractivity contribution in [2.45, 2.75) is 18.9 Å². The average Bonchev–Trinajstić information content (AvgIpc) is 2.62. The normalized spacial score (nSPS) is 15.2. The second kappa shape index (κ2) is 7.58. The van der Waals surface area contributed by atoms with Crippen LogP contribution in [0.1, 0.15) is 23.2 Å². The summed E-state index contributed by atoms with van der Waals surface area (Å²) in [5.41, 5.74) is 1.63. The molecule has 0 aromatic heterocycles. The number of rotatable bonds is 4. The molecule has 1 fully saturated rings. The molecule has 5 heteroatoms. The van der Waals surface area contributed by atoms with Crippen LogP contribution in [0.4, 0.5) is 5.69 Å². The third-order valence-electron chi connectivity index (χ3n) is 4.33. The molecule has 1 aliphatic heterocycles. The fourth-order valence-corrected chi connectivity index (χ4v) is 3.20. The van der Waals surface area contributed by atoms with E-state index in [0.717, 1.165) is 37.4 Å². The maximum absolute atomic E-state index is 12.6. The Balaban J connectivity index is 1.57. The summed E-state index contributed by atoms with van der Waals surface area (Å²) in [6, 6.07) is 15.5. The summed E-state index contributed by atoms with van der Waals surface area (Å²) in [5, 5.41) is 4.04. The highest BCUT2D eigenvalue weighted by Gasteiger charge is 2.24. The number of methoxy groups -OCH3 is 1. The molecule has 0 radical (unpaired) electrons. The van der Waals surface area contributed by atoms with Gasteiger partial charge in [-0.05, 0) is 37.1 Å². The molecule has 1 heterocycles. The van der Waals surface area contributed by atoms with Crippen molar-refractivity contribution in [3.8, 4) is 5.75 Å². The molecule has 0 atom stereocenters. The van der Waals surface area contributed by atoms with E-state index in [-0.39, 0.29) is 5.91 Å². The van der Waals surface area contributed by atoms with Gasteiger partial charge in [0.25, 0.3) is 5.91 Å². The van der Waals surface area contributed by atoms with E-state index in [0.29, 0.717) is 16.6 Å². The van der Waals surface area contributed by atoms with Gasteiger partial charge in [-0.2, -0.15) is 0 Å². The summed E-state index contributed by atoms with van der Waals surface area (Å²) in [5.74, 6) is 0.853. The Labute approximate surface area is 147 Å². The smallest absolute Gasteiger partial charge is 0.255 e. The summed E-state index contributed by atoms with van der Waals surface area (Å²) in [7, 11) is 1.66. The van der Waals surface area contributed by atoms with Gasteiger partial charge in [0.1, 0.15) is 5.75 Å². The molecule has 2 aromatic carbocycles. The van der Waals surface area contributed by atoms with E-state index in [4.69, 9.17) is 16.3 Å². The van der Waals surface area contributed by atoms with Gasteiger partial charge in [0.2, 0.25) is 0 Å². The first-order valence-electron chi connectivity index (χ1n) is 8.12. The number of likely N-dealkylation sites (tertiary alicyclic amines) is 1. The maximum Gasteiger partial charge on any atom is 0.255 e. The van der Waals surface area contributed by atoms with E-state index >= 15 is 0 Å². The van der Waals surface area contributed by atoms with Crippen LogP contribution in [0.2, 0.25) is 5.02 Å². The lowest BCUT2D eigenvalue weighted by Gasteiger charge is -2.33. The van der Waals surface area contributed by atoms with Crippen molar-refractivity contribution in [2.24, 2.45) is 0 Å². The standard InChI is InChI=1S/C19H21ClN2O2/c1-24-16-6-4-5-15(13-16)21-14-9-11-22(12-10-14)19(23)17-7-2-3-8-18(17)20/h2-8,13-14,21H,9-12H2,1H3. The van der Waals surface area contributed by atoms with Gasteiger partial charge in [0.15, 0.2) is 0 Å². The van der Waals surface area contributed by atoms with E-state index in [1.165, 1.54) is 0 Å². The van der Waals surface area contributed by atoms with E-state index in [1.807, 2.05) is 41.3 Å². The van der Waals surface area contributed by atoms with Crippen molar-refractivity contribution in [3.05, 3.63) is 59.1 Å². The van der Waals surface area contributed by atoms with Crippen LogP contribution < -0.4 is 10.1 Å². The van der Waals surface area contributed by atoms with Gasteiger partial charge in [-0.3, -0.25) is 4.79 Å². The second-order valence-corrected chi connectivity index (χ2v) is 6.33. The van der Waals surface area contributed by atoms with Gasteiger partial charge in [-0.1, -0.05) is 29.8 Å². The zero-order chi connectivity index (χ0) is 16.9.